The van der Waals surface area contributed by atoms with E-state index < -0.39 is 11.1 Å². The maximum absolute atomic E-state index is 13.2. The van der Waals surface area contributed by atoms with Gasteiger partial charge >= 0.3 is 0 Å². The minimum atomic E-state index is -0.425. The monoisotopic (exact) mass is 534 g/mol. The van der Waals surface area contributed by atoms with Crippen LogP contribution in [0.4, 0.5) is 14.9 Å². The van der Waals surface area contributed by atoms with Gasteiger partial charge in [0, 0.05) is 5.69 Å². The third-order valence-electron chi connectivity index (χ3n) is 5.71. The zero-order valence-electron chi connectivity index (χ0n) is 21.2. The van der Waals surface area contributed by atoms with Crippen molar-refractivity contribution < 1.29 is 28.2 Å². The van der Waals surface area contributed by atoms with Crippen LogP contribution >= 0.6 is 11.8 Å². The van der Waals surface area contributed by atoms with Gasteiger partial charge in [-0.15, -0.1) is 0 Å². The number of imide groups is 1. The van der Waals surface area contributed by atoms with E-state index in [0.717, 1.165) is 33.5 Å². The summed E-state index contributed by atoms with van der Waals surface area (Å²) in [6.45, 7) is 5.94. The van der Waals surface area contributed by atoms with Crippen LogP contribution in [0, 0.1) is 19.7 Å². The number of aryl methyl sites for hydroxylation is 2. The first-order chi connectivity index (χ1) is 18.2. The van der Waals surface area contributed by atoms with Crippen LogP contribution in [0.1, 0.15) is 29.2 Å². The lowest BCUT2D eigenvalue weighted by Gasteiger charge is -2.14. The molecule has 9 heteroatoms. The highest BCUT2D eigenvalue weighted by molar-refractivity contribution is 8.18. The summed E-state index contributed by atoms with van der Waals surface area (Å²) in [7, 11) is 0. The van der Waals surface area contributed by atoms with Crippen LogP contribution in [0.15, 0.2) is 65.6 Å². The second kappa shape index (κ2) is 12.0. The molecule has 1 N–H and O–H groups in total. The number of benzene rings is 3. The Labute approximate surface area is 224 Å². The summed E-state index contributed by atoms with van der Waals surface area (Å²) in [5.74, 6) is -0.332. The molecule has 0 bridgehead atoms. The molecule has 4 rings (SSSR count). The van der Waals surface area contributed by atoms with Gasteiger partial charge in [-0.2, -0.15) is 0 Å². The fraction of sp³-hybridized carbons (Fsp3) is 0.207. The largest absolute Gasteiger partial charge is 0.490 e. The van der Waals surface area contributed by atoms with Gasteiger partial charge < -0.3 is 14.8 Å². The molecule has 38 heavy (non-hydrogen) atoms. The van der Waals surface area contributed by atoms with Gasteiger partial charge in [-0.25, -0.2) is 4.39 Å². The van der Waals surface area contributed by atoms with Crippen molar-refractivity contribution in [3.8, 4) is 11.5 Å². The van der Waals surface area contributed by atoms with Crippen LogP contribution in [0.5, 0.6) is 11.5 Å². The molecule has 3 aromatic rings. The molecule has 0 radical (unpaired) electrons. The fourth-order valence-corrected chi connectivity index (χ4v) is 4.68. The third-order valence-corrected chi connectivity index (χ3v) is 6.62. The normalized spacial score (nSPS) is 14.2. The van der Waals surface area contributed by atoms with E-state index in [4.69, 9.17) is 9.47 Å². The molecule has 1 fully saturated rings. The Morgan fingerprint density at radius 1 is 1.00 bits per heavy atom. The number of carbonyl (C=O) groups excluding carboxylic acids is 3. The Balaban J connectivity index is 1.44. The minimum absolute atomic E-state index is 0.0590. The predicted molar refractivity (Wildman–Crippen MR) is 146 cm³/mol. The van der Waals surface area contributed by atoms with Gasteiger partial charge in [0.15, 0.2) is 18.1 Å². The lowest BCUT2D eigenvalue weighted by molar-refractivity contribution is -0.123. The summed E-state index contributed by atoms with van der Waals surface area (Å²) in [6.07, 6.45) is 1.61. The van der Waals surface area contributed by atoms with Gasteiger partial charge in [-0.1, -0.05) is 35.9 Å². The highest BCUT2D eigenvalue weighted by Crippen LogP contribution is 2.35. The molecule has 1 aliphatic rings. The maximum atomic E-state index is 13.2. The Kier molecular flexibility index (Phi) is 8.48. The van der Waals surface area contributed by atoms with E-state index in [1.54, 1.807) is 24.3 Å². The Bertz CT molecular complexity index is 1400. The Morgan fingerprint density at radius 2 is 1.76 bits per heavy atom. The van der Waals surface area contributed by atoms with E-state index in [9.17, 15) is 18.8 Å². The van der Waals surface area contributed by atoms with Gasteiger partial charge in [0.25, 0.3) is 17.1 Å². The molecule has 7 nitrogen and oxygen atoms in total. The number of hydrogen-bond acceptors (Lipinski definition) is 6. The quantitative estimate of drug-likeness (QED) is 0.334. The second-order valence-electron chi connectivity index (χ2n) is 8.69. The van der Waals surface area contributed by atoms with Crippen molar-refractivity contribution in [1.29, 1.82) is 0 Å². The number of hydrogen-bond donors (Lipinski definition) is 1. The molecule has 0 aromatic heterocycles. The molecule has 0 atom stereocenters. The van der Waals surface area contributed by atoms with Crippen molar-refractivity contribution in [3.05, 3.63) is 93.6 Å². The van der Waals surface area contributed by atoms with Crippen LogP contribution < -0.4 is 14.8 Å². The van der Waals surface area contributed by atoms with E-state index in [1.165, 1.54) is 24.3 Å². The average Bonchev–Trinajstić information content (AvgIpc) is 3.14. The van der Waals surface area contributed by atoms with Crippen molar-refractivity contribution in [3.63, 3.8) is 0 Å². The number of thioether (sulfide) groups is 1. The van der Waals surface area contributed by atoms with E-state index in [0.29, 0.717) is 29.2 Å². The van der Waals surface area contributed by atoms with E-state index in [-0.39, 0.29) is 29.8 Å². The lowest BCUT2D eigenvalue weighted by Crippen LogP contribution is -2.27. The molecule has 0 saturated carbocycles. The number of nitrogens with one attached hydrogen (secondary N) is 1. The minimum Gasteiger partial charge on any atom is -0.490 e. The van der Waals surface area contributed by atoms with Crippen molar-refractivity contribution in [2.24, 2.45) is 0 Å². The lowest BCUT2D eigenvalue weighted by atomic mass is 10.1. The molecular formula is C29H27FN2O5S. The summed E-state index contributed by atoms with van der Waals surface area (Å²) in [6, 6.07) is 16.5. The molecule has 0 aliphatic carbocycles. The topological polar surface area (TPSA) is 84.9 Å². The highest BCUT2D eigenvalue weighted by atomic mass is 32.2. The Morgan fingerprint density at radius 3 is 2.47 bits per heavy atom. The van der Waals surface area contributed by atoms with Gasteiger partial charge in [-0.3, -0.25) is 19.3 Å². The van der Waals surface area contributed by atoms with Gasteiger partial charge in [0.05, 0.1) is 18.1 Å². The van der Waals surface area contributed by atoms with Crippen LogP contribution in [-0.2, 0) is 16.1 Å². The summed E-state index contributed by atoms with van der Waals surface area (Å²) in [5, 5.41) is 2.44. The molecule has 1 aliphatic heterocycles. The van der Waals surface area contributed by atoms with Gasteiger partial charge in [0.1, 0.15) is 5.82 Å². The summed E-state index contributed by atoms with van der Waals surface area (Å²) in [4.78, 5) is 39.2. The first-order valence-electron chi connectivity index (χ1n) is 12.0. The maximum Gasteiger partial charge on any atom is 0.293 e. The van der Waals surface area contributed by atoms with E-state index >= 15 is 0 Å². The van der Waals surface area contributed by atoms with E-state index in [2.05, 4.69) is 5.32 Å². The first kappa shape index (κ1) is 26.9. The highest BCUT2D eigenvalue weighted by Gasteiger charge is 2.35. The van der Waals surface area contributed by atoms with Crippen LogP contribution in [0.2, 0.25) is 0 Å². The van der Waals surface area contributed by atoms with Crippen LogP contribution in [0.25, 0.3) is 6.08 Å². The molecule has 3 amide bonds. The van der Waals surface area contributed by atoms with Crippen molar-refractivity contribution in [1.82, 2.24) is 4.90 Å². The number of rotatable bonds is 9. The number of ether oxygens (including phenoxy) is 2. The second-order valence-corrected chi connectivity index (χ2v) is 9.68. The summed E-state index contributed by atoms with van der Waals surface area (Å²) >= 11 is 0.839. The summed E-state index contributed by atoms with van der Waals surface area (Å²) in [5.41, 5.74) is 4.07. The molecule has 0 unspecified atom stereocenters. The molecule has 0 spiro atoms. The molecule has 196 valence electrons. The standard InChI is InChI=1S/C29H27FN2O5S/c1-4-36-25-14-21(8-12-24(25)37-17-27(33)31-23-11-5-18(2)13-19(23)3)15-26-28(34)32(29(35)38-26)16-20-6-9-22(30)10-7-20/h5-15H,4,16-17H2,1-3H3,(H,31,33)/b26-15-. The number of halogens is 1. The van der Waals surface area contributed by atoms with Crippen molar-refractivity contribution in [2.75, 3.05) is 18.5 Å². The third kappa shape index (κ3) is 6.60. The van der Waals surface area contributed by atoms with Gasteiger partial charge in [-0.05, 0) is 85.6 Å². The van der Waals surface area contributed by atoms with Crippen molar-refractivity contribution >= 4 is 40.6 Å². The molecule has 1 saturated heterocycles. The number of anilines is 1. The number of carbonyl (C=O) groups is 3. The SMILES string of the molecule is CCOc1cc(/C=C2\SC(=O)N(Cc3ccc(F)cc3)C2=O)ccc1OCC(=O)Nc1ccc(C)cc1C. The van der Waals surface area contributed by atoms with Crippen LogP contribution in [0.3, 0.4) is 0 Å². The smallest absolute Gasteiger partial charge is 0.293 e. The fourth-order valence-electron chi connectivity index (χ4n) is 3.85. The molecule has 3 aromatic carbocycles. The molecule has 1 heterocycles. The van der Waals surface area contributed by atoms with Crippen LogP contribution in [-0.4, -0.2) is 35.2 Å². The predicted octanol–water partition coefficient (Wildman–Crippen LogP) is 6.10. The number of amides is 3. The zero-order valence-corrected chi connectivity index (χ0v) is 22.1. The average molecular weight is 535 g/mol. The molecular weight excluding hydrogens is 507 g/mol. The number of nitrogens with zero attached hydrogens (tertiary/aromatic N) is 1. The van der Waals surface area contributed by atoms with Crippen molar-refractivity contribution in [2.45, 2.75) is 27.3 Å². The zero-order chi connectivity index (χ0) is 27.2. The summed E-state index contributed by atoms with van der Waals surface area (Å²) < 4.78 is 24.6. The Hall–Kier alpha value is -4.11. The van der Waals surface area contributed by atoms with Gasteiger partial charge in [0.2, 0.25) is 0 Å². The first-order valence-corrected chi connectivity index (χ1v) is 12.8. The van der Waals surface area contributed by atoms with E-state index in [1.807, 2.05) is 39.0 Å².